The van der Waals surface area contributed by atoms with Gasteiger partial charge in [0.15, 0.2) is 5.82 Å². The van der Waals surface area contributed by atoms with Gasteiger partial charge in [0.25, 0.3) is 0 Å². The summed E-state index contributed by atoms with van der Waals surface area (Å²) in [5.41, 5.74) is 1.93. The van der Waals surface area contributed by atoms with Crippen LogP contribution in [-0.2, 0) is 0 Å². The molecule has 5 heteroatoms. The number of aromatic nitrogens is 4. The number of halogens is 1. The molecule has 2 heterocycles. The lowest BCUT2D eigenvalue weighted by atomic mass is 10.2. The van der Waals surface area contributed by atoms with Crippen LogP contribution in [0.3, 0.4) is 0 Å². The average molecular weight is 251 g/mol. The highest BCUT2D eigenvalue weighted by atomic mass is 35.5. The topological polar surface area (TPSA) is 43.6 Å². The minimum atomic E-state index is 0.239. The summed E-state index contributed by atoms with van der Waals surface area (Å²) in [5, 5.41) is 4.75. The van der Waals surface area contributed by atoms with Gasteiger partial charge in [-0.25, -0.2) is 14.6 Å². The van der Waals surface area contributed by atoms with E-state index in [2.05, 4.69) is 15.1 Å². The smallest absolute Gasteiger partial charge is 0.161 e. The highest BCUT2D eigenvalue weighted by molar-refractivity contribution is 6.30. The van der Waals surface area contributed by atoms with E-state index in [1.165, 1.54) is 0 Å². The third-order valence-corrected chi connectivity index (χ3v) is 2.89. The van der Waals surface area contributed by atoms with Gasteiger partial charge in [-0.1, -0.05) is 25.4 Å². The molecule has 0 bridgehead atoms. The van der Waals surface area contributed by atoms with Crippen molar-refractivity contribution in [2.24, 2.45) is 0 Å². The second-order valence-electron chi connectivity index (χ2n) is 4.44. The van der Waals surface area contributed by atoms with Gasteiger partial charge < -0.3 is 0 Å². The maximum absolute atomic E-state index is 6.13. The van der Waals surface area contributed by atoms with E-state index in [1.807, 2.05) is 33.9 Å². The third-order valence-electron chi connectivity index (χ3n) is 2.52. The van der Waals surface area contributed by atoms with Crippen LogP contribution in [-0.4, -0.2) is 19.7 Å². The molecule has 0 N–H and O–H groups in total. The molecule has 0 atom stereocenters. The maximum atomic E-state index is 6.13. The van der Waals surface area contributed by atoms with Crippen molar-refractivity contribution in [1.82, 2.24) is 19.7 Å². The van der Waals surface area contributed by atoms with E-state index in [9.17, 15) is 0 Å². The predicted molar refractivity (Wildman–Crippen MR) is 67.7 cm³/mol. The fourth-order valence-electron chi connectivity index (χ4n) is 1.50. The standard InChI is InChI=1S/C12H15ClN4/c1-7(2)11-15-10(13)9(4)12(16-11)17-6-8(3)5-14-17/h5-7H,1-4H3. The Morgan fingerprint density at radius 2 is 1.94 bits per heavy atom. The van der Waals surface area contributed by atoms with Crippen molar-refractivity contribution in [3.05, 3.63) is 34.5 Å². The Hall–Kier alpha value is -1.42. The van der Waals surface area contributed by atoms with Crippen molar-refractivity contribution in [2.45, 2.75) is 33.6 Å². The molecule has 2 rings (SSSR count). The molecule has 90 valence electrons. The lowest BCUT2D eigenvalue weighted by Gasteiger charge is -2.10. The summed E-state index contributed by atoms with van der Waals surface area (Å²) in [6, 6.07) is 0. The van der Waals surface area contributed by atoms with Gasteiger partial charge in [0.05, 0.1) is 6.20 Å². The Morgan fingerprint density at radius 1 is 1.24 bits per heavy atom. The molecule has 0 saturated heterocycles. The molecule has 0 aliphatic heterocycles. The van der Waals surface area contributed by atoms with Gasteiger partial charge in [-0.3, -0.25) is 0 Å². The molecule has 0 fully saturated rings. The normalized spacial score (nSPS) is 11.2. The molecule has 17 heavy (non-hydrogen) atoms. The van der Waals surface area contributed by atoms with Crippen LogP contribution in [0.4, 0.5) is 0 Å². The molecule has 2 aromatic rings. The molecule has 0 aliphatic carbocycles. The summed E-state index contributed by atoms with van der Waals surface area (Å²) >= 11 is 6.13. The number of hydrogen-bond acceptors (Lipinski definition) is 3. The van der Waals surface area contributed by atoms with Crippen molar-refractivity contribution in [3.8, 4) is 5.82 Å². The van der Waals surface area contributed by atoms with Crippen LogP contribution < -0.4 is 0 Å². The molecular formula is C12H15ClN4. The van der Waals surface area contributed by atoms with Gasteiger partial charge in [-0.15, -0.1) is 0 Å². The second-order valence-corrected chi connectivity index (χ2v) is 4.80. The lowest BCUT2D eigenvalue weighted by molar-refractivity contribution is 0.740. The van der Waals surface area contributed by atoms with Crippen molar-refractivity contribution < 1.29 is 0 Å². The van der Waals surface area contributed by atoms with E-state index in [4.69, 9.17) is 11.6 Å². The SMILES string of the molecule is Cc1cnn(-c2nc(C(C)C)nc(Cl)c2C)c1. The number of rotatable bonds is 2. The monoisotopic (exact) mass is 250 g/mol. The second kappa shape index (κ2) is 4.45. The molecule has 0 saturated carbocycles. The van der Waals surface area contributed by atoms with Crippen molar-refractivity contribution >= 4 is 11.6 Å². The first-order valence-corrected chi connectivity index (χ1v) is 5.92. The van der Waals surface area contributed by atoms with E-state index in [1.54, 1.807) is 10.9 Å². The van der Waals surface area contributed by atoms with Crippen molar-refractivity contribution in [3.63, 3.8) is 0 Å². The van der Waals surface area contributed by atoms with E-state index >= 15 is 0 Å². The van der Waals surface area contributed by atoms with Crippen LogP contribution in [0.15, 0.2) is 12.4 Å². The fraction of sp³-hybridized carbons (Fsp3) is 0.417. The highest BCUT2D eigenvalue weighted by Gasteiger charge is 2.13. The van der Waals surface area contributed by atoms with Gasteiger partial charge in [-0.2, -0.15) is 5.10 Å². The summed E-state index contributed by atoms with van der Waals surface area (Å²) < 4.78 is 1.74. The summed E-state index contributed by atoms with van der Waals surface area (Å²) in [5.74, 6) is 1.73. The molecule has 0 radical (unpaired) electrons. The van der Waals surface area contributed by atoms with E-state index in [0.717, 1.165) is 22.8 Å². The lowest BCUT2D eigenvalue weighted by Crippen LogP contribution is -2.08. The first-order valence-electron chi connectivity index (χ1n) is 5.54. The van der Waals surface area contributed by atoms with Gasteiger partial charge >= 0.3 is 0 Å². The molecule has 0 aliphatic rings. The Labute approximate surface area is 106 Å². The number of aryl methyl sites for hydroxylation is 1. The van der Waals surface area contributed by atoms with E-state index in [0.29, 0.717) is 5.15 Å². The van der Waals surface area contributed by atoms with Gasteiger partial charge in [0.2, 0.25) is 0 Å². The summed E-state index contributed by atoms with van der Waals surface area (Å²) in [4.78, 5) is 8.80. The maximum Gasteiger partial charge on any atom is 0.161 e. The highest BCUT2D eigenvalue weighted by Crippen LogP contribution is 2.21. The van der Waals surface area contributed by atoms with Crippen LogP contribution in [0, 0.1) is 13.8 Å². The fourth-order valence-corrected chi connectivity index (χ4v) is 1.68. The third kappa shape index (κ3) is 2.31. The largest absolute Gasteiger partial charge is 0.222 e. The van der Waals surface area contributed by atoms with Gasteiger partial charge in [-0.05, 0) is 19.4 Å². The van der Waals surface area contributed by atoms with Crippen LogP contribution in [0.1, 0.15) is 36.7 Å². The first-order chi connectivity index (χ1) is 7.99. The zero-order chi connectivity index (χ0) is 12.6. The Kier molecular flexibility index (Phi) is 3.15. The van der Waals surface area contributed by atoms with Crippen LogP contribution in [0.25, 0.3) is 5.82 Å². The summed E-state index contributed by atoms with van der Waals surface area (Å²) in [6.07, 6.45) is 3.72. The van der Waals surface area contributed by atoms with Gasteiger partial charge in [0.1, 0.15) is 11.0 Å². The first kappa shape index (κ1) is 12.0. The Morgan fingerprint density at radius 3 is 2.47 bits per heavy atom. The molecule has 0 spiro atoms. The number of hydrogen-bond donors (Lipinski definition) is 0. The summed E-state index contributed by atoms with van der Waals surface area (Å²) in [6.45, 7) is 7.97. The average Bonchev–Trinajstić information content (AvgIpc) is 2.68. The van der Waals surface area contributed by atoms with E-state index < -0.39 is 0 Å². The van der Waals surface area contributed by atoms with Crippen molar-refractivity contribution in [2.75, 3.05) is 0 Å². The summed E-state index contributed by atoms with van der Waals surface area (Å²) in [7, 11) is 0. The molecular weight excluding hydrogens is 236 g/mol. The predicted octanol–water partition coefficient (Wildman–Crippen LogP) is 3.06. The Balaban J connectivity index is 2.60. The molecule has 4 nitrogen and oxygen atoms in total. The van der Waals surface area contributed by atoms with E-state index in [-0.39, 0.29) is 5.92 Å². The van der Waals surface area contributed by atoms with Crippen LogP contribution in [0.5, 0.6) is 0 Å². The van der Waals surface area contributed by atoms with Crippen LogP contribution >= 0.6 is 11.6 Å². The van der Waals surface area contributed by atoms with Crippen LogP contribution in [0.2, 0.25) is 5.15 Å². The molecule has 0 aromatic carbocycles. The quantitative estimate of drug-likeness (QED) is 0.770. The minimum absolute atomic E-state index is 0.239. The van der Waals surface area contributed by atoms with Crippen molar-refractivity contribution in [1.29, 1.82) is 0 Å². The molecule has 2 aromatic heterocycles. The Bertz CT molecular complexity index is 545. The zero-order valence-corrected chi connectivity index (χ0v) is 11.2. The molecule has 0 unspecified atom stereocenters. The molecule has 0 amide bonds. The zero-order valence-electron chi connectivity index (χ0n) is 10.4. The van der Waals surface area contributed by atoms with Gasteiger partial charge in [0, 0.05) is 17.7 Å². The number of nitrogens with zero attached hydrogens (tertiary/aromatic N) is 4. The minimum Gasteiger partial charge on any atom is -0.222 e.